The first-order valence-electron chi connectivity index (χ1n) is 9.64. The first-order chi connectivity index (χ1) is 13.1. The Morgan fingerprint density at radius 3 is 2.41 bits per heavy atom. The van der Waals surface area contributed by atoms with Crippen molar-refractivity contribution in [2.45, 2.75) is 43.9 Å². The lowest BCUT2D eigenvalue weighted by molar-refractivity contribution is -0.216. The highest BCUT2D eigenvalue weighted by Gasteiger charge is 2.38. The smallest absolute Gasteiger partial charge is 0.249 e. The van der Waals surface area contributed by atoms with Crippen molar-refractivity contribution >= 4 is 23.2 Å². The van der Waals surface area contributed by atoms with Crippen molar-refractivity contribution in [1.82, 2.24) is 5.32 Å². The van der Waals surface area contributed by atoms with Crippen molar-refractivity contribution < 1.29 is 19.1 Å². The molecule has 0 spiro atoms. The Kier molecular flexibility index (Phi) is 4.82. The van der Waals surface area contributed by atoms with Gasteiger partial charge < -0.3 is 19.3 Å². The minimum absolute atomic E-state index is 0.169. The molecule has 0 saturated carbocycles. The molecule has 0 bridgehead atoms. The van der Waals surface area contributed by atoms with Gasteiger partial charge in [0.05, 0.1) is 0 Å². The second-order valence-electron chi connectivity index (χ2n) is 7.49. The highest BCUT2D eigenvalue weighted by molar-refractivity contribution is 6.02. The molecule has 2 amide bonds. The van der Waals surface area contributed by atoms with E-state index in [1.54, 1.807) is 14.2 Å². The fourth-order valence-corrected chi connectivity index (χ4v) is 4.62. The van der Waals surface area contributed by atoms with Gasteiger partial charge in [0, 0.05) is 70.1 Å². The summed E-state index contributed by atoms with van der Waals surface area (Å²) < 4.78 is 11.2. The number of nitrogens with one attached hydrogen (secondary N) is 1. The molecule has 0 aromatic heterocycles. The normalized spacial score (nSPS) is 24.7. The molecule has 0 radical (unpaired) electrons. The molecule has 2 saturated heterocycles. The van der Waals surface area contributed by atoms with Gasteiger partial charge in [0.2, 0.25) is 11.8 Å². The van der Waals surface area contributed by atoms with Gasteiger partial charge in [0.1, 0.15) is 6.04 Å². The van der Waals surface area contributed by atoms with Crippen molar-refractivity contribution in [1.29, 1.82) is 0 Å². The molecule has 27 heavy (non-hydrogen) atoms. The zero-order valence-electron chi connectivity index (χ0n) is 16.0. The SMILES string of the molecule is COC1(OC)CCN(c2cccc3c2CCN3C2CCC(=O)NC2=O)CC1. The second kappa shape index (κ2) is 7.13. The number of imide groups is 1. The van der Waals surface area contributed by atoms with Crippen molar-refractivity contribution in [3.8, 4) is 0 Å². The Labute approximate surface area is 159 Å². The van der Waals surface area contributed by atoms with E-state index in [1.165, 1.54) is 11.3 Å². The van der Waals surface area contributed by atoms with Crippen LogP contribution in [0.1, 0.15) is 31.2 Å². The summed E-state index contributed by atoms with van der Waals surface area (Å²) in [6.45, 7) is 2.56. The maximum atomic E-state index is 12.3. The Bertz CT molecular complexity index is 737. The maximum absolute atomic E-state index is 12.3. The van der Waals surface area contributed by atoms with Crippen LogP contribution in [0.25, 0.3) is 0 Å². The third-order valence-electron chi connectivity index (χ3n) is 6.23. The number of ether oxygens (including phenoxy) is 2. The first kappa shape index (κ1) is 18.3. The summed E-state index contributed by atoms with van der Waals surface area (Å²) in [4.78, 5) is 28.3. The molecule has 1 atom stereocenters. The number of carbonyl (C=O) groups is 2. The number of methoxy groups -OCH3 is 2. The van der Waals surface area contributed by atoms with Crippen LogP contribution in [0.3, 0.4) is 0 Å². The minimum atomic E-state index is -0.479. The molecule has 3 aliphatic rings. The number of hydrogen-bond acceptors (Lipinski definition) is 6. The zero-order valence-corrected chi connectivity index (χ0v) is 16.0. The fourth-order valence-electron chi connectivity index (χ4n) is 4.62. The molecule has 3 heterocycles. The number of nitrogens with zero attached hydrogens (tertiary/aromatic N) is 2. The van der Waals surface area contributed by atoms with E-state index in [0.29, 0.717) is 12.8 Å². The van der Waals surface area contributed by atoms with E-state index in [1.807, 2.05) is 0 Å². The summed E-state index contributed by atoms with van der Waals surface area (Å²) in [5.74, 6) is -0.822. The molecule has 1 unspecified atom stereocenters. The van der Waals surface area contributed by atoms with E-state index in [2.05, 4.69) is 33.3 Å². The van der Waals surface area contributed by atoms with E-state index in [0.717, 1.165) is 44.6 Å². The summed E-state index contributed by atoms with van der Waals surface area (Å²) >= 11 is 0. The van der Waals surface area contributed by atoms with Crippen LogP contribution in [0.15, 0.2) is 18.2 Å². The average molecular weight is 373 g/mol. The van der Waals surface area contributed by atoms with Crippen LogP contribution in [-0.2, 0) is 25.5 Å². The van der Waals surface area contributed by atoms with Gasteiger partial charge in [0.15, 0.2) is 5.79 Å². The van der Waals surface area contributed by atoms with E-state index in [4.69, 9.17) is 9.47 Å². The number of rotatable bonds is 4. The van der Waals surface area contributed by atoms with Gasteiger partial charge in [-0.25, -0.2) is 0 Å². The number of anilines is 2. The number of carbonyl (C=O) groups excluding carboxylic acids is 2. The molecule has 1 N–H and O–H groups in total. The quantitative estimate of drug-likeness (QED) is 0.636. The highest BCUT2D eigenvalue weighted by atomic mass is 16.7. The number of benzene rings is 1. The third kappa shape index (κ3) is 3.19. The number of hydrogen-bond donors (Lipinski definition) is 1. The van der Waals surface area contributed by atoms with Gasteiger partial charge >= 0.3 is 0 Å². The lowest BCUT2D eigenvalue weighted by atomic mass is 10.0. The maximum Gasteiger partial charge on any atom is 0.249 e. The number of amides is 2. The van der Waals surface area contributed by atoms with Gasteiger partial charge in [-0.2, -0.15) is 0 Å². The first-order valence-corrected chi connectivity index (χ1v) is 9.64. The van der Waals surface area contributed by atoms with E-state index in [-0.39, 0.29) is 17.9 Å². The van der Waals surface area contributed by atoms with Gasteiger partial charge in [-0.1, -0.05) is 6.07 Å². The largest absolute Gasteiger partial charge is 0.371 e. The molecule has 0 aliphatic carbocycles. The number of fused-ring (bicyclic) bond motifs is 1. The summed E-state index contributed by atoms with van der Waals surface area (Å²) in [5, 5.41) is 2.48. The van der Waals surface area contributed by atoms with E-state index >= 15 is 0 Å². The molecular formula is C20H27N3O4. The van der Waals surface area contributed by atoms with Crippen molar-refractivity contribution in [2.75, 3.05) is 43.7 Å². The molecule has 2 fully saturated rings. The monoisotopic (exact) mass is 373 g/mol. The van der Waals surface area contributed by atoms with Crippen LogP contribution in [0.4, 0.5) is 11.4 Å². The van der Waals surface area contributed by atoms with Crippen molar-refractivity contribution in [3.63, 3.8) is 0 Å². The standard InChI is InChI=1S/C20H27N3O4/c1-26-20(27-2)9-12-22(13-10-20)15-4-3-5-16-14(15)8-11-23(16)17-6-7-18(24)21-19(17)25/h3-5,17H,6-13H2,1-2H3,(H,21,24,25). The van der Waals surface area contributed by atoms with Crippen LogP contribution >= 0.6 is 0 Å². The summed E-state index contributed by atoms with van der Waals surface area (Å²) in [5.41, 5.74) is 3.66. The topological polar surface area (TPSA) is 71.1 Å². The predicted octanol–water partition coefficient (Wildman–Crippen LogP) is 1.44. The van der Waals surface area contributed by atoms with Crippen LogP contribution in [0.2, 0.25) is 0 Å². The second-order valence-corrected chi connectivity index (χ2v) is 7.49. The van der Waals surface area contributed by atoms with E-state index < -0.39 is 5.79 Å². The van der Waals surface area contributed by atoms with Crippen LogP contribution in [0.5, 0.6) is 0 Å². The minimum Gasteiger partial charge on any atom is -0.371 e. The van der Waals surface area contributed by atoms with Crippen LogP contribution in [0, 0.1) is 0 Å². The van der Waals surface area contributed by atoms with Crippen LogP contribution < -0.4 is 15.1 Å². The average Bonchev–Trinajstić information content (AvgIpc) is 3.12. The molecule has 7 nitrogen and oxygen atoms in total. The lowest BCUT2D eigenvalue weighted by Crippen LogP contribution is -2.52. The van der Waals surface area contributed by atoms with E-state index in [9.17, 15) is 9.59 Å². The van der Waals surface area contributed by atoms with Crippen molar-refractivity contribution in [3.05, 3.63) is 23.8 Å². The molecule has 146 valence electrons. The van der Waals surface area contributed by atoms with Crippen molar-refractivity contribution in [2.24, 2.45) is 0 Å². The number of piperidine rings is 2. The lowest BCUT2D eigenvalue weighted by Gasteiger charge is -2.41. The Balaban J connectivity index is 1.54. The molecule has 3 aliphatic heterocycles. The molecule has 4 rings (SSSR count). The molecule has 1 aromatic rings. The molecule has 7 heteroatoms. The predicted molar refractivity (Wildman–Crippen MR) is 102 cm³/mol. The zero-order chi connectivity index (χ0) is 19.0. The molecule has 1 aromatic carbocycles. The summed E-state index contributed by atoms with van der Waals surface area (Å²) in [6.07, 6.45) is 3.55. The summed E-state index contributed by atoms with van der Waals surface area (Å²) in [7, 11) is 3.41. The Hall–Kier alpha value is -2.12. The Morgan fingerprint density at radius 1 is 1.04 bits per heavy atom. The van der Waals surface area contributed by atoms with Gasteiger partial charge in [0.25, 0.3) is 0 Å². The van der Waals surface area contributed by atoms with Gasteiger partial charge in [-0.15, -0.1) is 0 Å². The molecular weight excluding hydrogens is 346 g/mol. The van der Waals surface area contributed by atoms with Gasteiger partial charge in [-0.05, 0) is 25.0 Å². The highest BCUT2D eigenvalue weighted by Crippen LogP contribution is 2.39. The summed E-state index contributed by atoms with van der Waals surface area (Å²) in [6, 6.07) is 6.07. The van der Waals surface area contributed by atoms with Crippen LogP contribution in [-0.4, -0.2) is 57.5 Å². The third-order valence-corrected chi connectivity index (χ3v) is 6.23. The van der Waals surface area contributed by atoms with Gasteiger partial charge in [-0.3, -0.25) is 14.9 Å². The Morgan fingerprint density at radius 2 is 1.74 bits per heavy atom. The fraction of sp³-hybridized carbons (Fsp3) is 0.600.